The van der Waals surface area contributed by atoms with Gasteiger partial charge in [0.05, 0.1) is 5.02 Å². The fourth-order valence-corrected chi connectivity index (χ4v) is 3.26. The van der Waals surface area contributed by atoms with Gasteiger partial charge in [0.15, 0.2) is 11.5 Å². The average molecular weight is 377 g/mol. The molecule has 1 aromatic heterocycles. The first kappa shape index (κ1) is 17.2. The Balaban J connectivity index is 1.67. The normalized spacial score (nSPS) is 11.7. The van der Waals surface area contributed by atoms with E-state index in [2.05, 4.69) is 10.5 Å². The monoisotopic (exact) mass is 376 g/mol. The summed E-state index contributed by atoms with van der Waals surface area (Å²) in [5, 5.41) is 17.7. The molecule has 0 fully saturated rings. The number of anilines is 2. The van der Waals surface area contributed by atoms with Crippen molar-refractivity contribution in [2.45, 2.75) is 6.92 Å². The van der Waals surface area contributed by atoms with Gasteiger partial charge in [0, 0.05) is 22.3 Å². The summed E-state index contributed by atoms with van der Waals surface area (Å²) in [7, 11) is 0. The Morgan fingerprint density at radius 2 is 1.78 bits per heavy atom. The van der Waals surface area contributed by atoms with E-state index in [4.69, 9.17) is 16.0 Å². The van der Waals surface area contributed by atoms with E-state index in [1.165, 1.54) is 0 Å². The second-order valence-corrected chi connectivity index (χ2v) is 6.64. The van der Waals surface area contributed by atoms with E-state index in [9.17, 15) is 5.21 Å². The van der Waals surface area contributed by atoms with Gasteiger partial charge in [0.2, 0.25) is 0 Å². The summed E-state index contributed by atoms with van der Waals surface area (Å²) in [4.78, 5) is 0. The van der Waals surface area contributed by atoms with E-state index in [0.717, 1.165) is 27.9 Å². The number of oxime groups is 1. The third-order valence-corrected chi connectivity index (χ3v) is 4.72. The predicted molar refractivity (Wildman–Crippen MR) is 110 cm³/mol. The number of para-hydroxylation sites is 2. The van der Waals surface area contributed by atoms with Gasteiger partial charge in [-0.15, -0.1) is 0 Å². The van der Waals surface area contributed by atoms with Crippen LogP contribution in [0.1, 0.15) is 16.9 Å². The number of fused-ring (bicyclic) bond motifs is 1. The van der Waals surface area contributed by atoms with Crippen LogP contribution in [0.15, 0.2) is 82.4 Å². The van der Waals surface area contributed by atoms with Crippen LogP contribution in [-0.2, 0) is 0 Å². The van der Waals surface area contributed by atoms with Crippen molar-refractivity contribution in [2.75, 3.05) is 5.32 Å². The van der Waals surface area contributed by atoms with E-state index in [-0.39, 0.29) is 0 Å². The molecule has 4 aromatic rings. The van der Waals surface area contributed by atoms with Crippen LogP contribution in [0.2, 0.25) is 5.02 Å². The molecule has 2 N–H and O–H groups in total. The minimum atomic E-state index is 0.290. The van der Waals surface area contributed by atoms with Crippen LogP contribution < -0.4 is 5.32 Å². The standard InChI is InChI=1S/C22H17ClN2O2/c1-14-6-2-4-8-19(14)24-16-10-11-17(18(23)13-16)22(25-26)21-12-15-7-3-5-9-20(15)27-21/h2-13,24,26H,1H3. The molecule has 0 spiro atoms. The van der Waals surface area contributed by atoms with E-state index in [1.807, 2.05) is 73.7 Å². The number of aryl methyl sites for hydroxylation is 1. The molecule has 5 heteroatoms. The highest BCUT2D eigenvalue weighted by Gasteiger charge is 2.17. The molecule has 0 amide bonds. The molecule has 0 atom stereocenters. The third kappa shape index (κ3) is 3.39. The maximum atomic E-state index is 9.58. The summed E-state index contributed by atoms with van der Waals surface area (Å²) in [6.45, 7) is 2.04. The van der Waals surface area contributed by atoms with Crippen molar-refractivity contribution in [1.82, 2.24) is 0 Å². The van der Waals surface area contributed by atoms with Gasteiger partial charge in [0.25, 0.3) is 0 Å². The molecule has 3 aromatic carbocycles. The number of hydrogen-bond acceptors (Lipinski definition) is 4. The first-order chi connectivity index (χ1) is 13.2. The minimum absolute atomic E-state index is 0.290. The molecule has 1 heterocycles. The third-order valence-electron chi connectivity index (χ3n) is 4.41. The maximum absolute atomic E-state index is 9.58. The van der Waals surface area contributed by atoms with Crippen molar-refractivity contribution in [3.63, 3.8) is 0 Å². The van der Waals surface area contributed by atoms with E-state index in [0.29, 0.717) is 22.1 Å². The average Bonchev–Trinajstić information content (AvgIpc) is 3.09. The fraction of sp³-hybridized carbons (Fsp3) is 0.0455. The highest BCUT2D eigenvalue weighted by Crippen LogP contribution is 2.29. The number of benzene rings is 3. The van der Waals surface area contributed by atoms with E-state index in [1.54, 1.807) is 6.07 Å². The largest absolute Gasteiger partial charge is 0.454 e. The number of rotatable bonds is 4. The summed E-state index contributed by atoms with van der Waals surface area (Å²) in [6.07, 6.45) is 0. The Hall–Kier alpha value is -3.24. The van der Waals surface area contributed by atoms with Gasteiger partial charge in [0.1, 0.15) is 5.58 Å². The lowest BCUT2D eigenvalue weighted by Gasteiger charge is -2.11. The molecule has 0 saturated carbocycles. The smallest absolute Gasteiger partial charge is 0.157 e. The zero-order chi connectivity index (χ0) is 18.8. The van der Waals surface area contributed by atoms with Gasteiger partial charge in [-0.05, 0) is 48.9 Å². The van der Waals surface area contributed by atoms with Crippen molar-refractivity contribution >= 4 is 39.7 Å². The van der Waals surface area contributed by atoms with Crippen LogP contribution in [0.5, 0.6) is 0 Å². The Kier molecular flexibility index (Phi) is 4.57. The van der Waals surface area contributed by atoms with Crippen LogP contribution in [0, 0.1) is 6.92 Å². The lowest BCUT2D eigenvalue weighted by atomic mass is 10.1. The molecule has 134 valence electrons. The molecular formula is C22H17ClN2O2. The summed E-state index contributed by atoms with van der Waals surface area (Å²) >= 11 is 6.48. The van der Waals surface area contributed by atoms with Crippen LogP contribution in [-0.4, -0.2) is 10.9 Å². The lowest BCUT2D eigenvalue weighted by Crippen LogP contribution is -2.03. The van der Waals surface area contributed by atoms with Crippen molar-refractivity contribution < 1.29 is 9.62 Å². The summed E-state index contributed by atoms with van der Waals surface area (Å²) < 4.78 is 5.81. The van der Waals surface area contributed by atoms with Crippen LogP contribution in [0.4, 0.5) is 11.4 Å². The molecule has 0 bridgehead atoms. The lowest BCUT2D eigenvalue weighted by molar-refractivity contribution is 0.318. The SMILES string of the molecule is Cc1ccccc1Nc1ccc(C(=NO)c2cc3ccccc3o2)c(Cl)c1. The highest BCUT2D eigenvalue weighted by molar-refractivity contribution is 6.35. The van der Waals surface area contributed by atoms with Crippen LogP contribution in [0.25, 0.3) is 11.0 Å². The summed E-state index contributed by atoms with van der Waals surface area (Å²) in [5.74, 6) is 0.459. The topological polar surface area (TPSA) is 57.8 Å². The number of halogens is 1. The van der Waals surface area contributed by atoms with Crippen LogP contribution >= 0.6 is 11.6 Å². The van der Waals surface area contributed by atoms with E-state index < -0.39 is 0 Å². The number of hydrogen-bond donors (Lipinski definition) is 2. The van der Waals surface area contributed by atoms with Gasteiger partial charge >= 0.3 is 0 Å². The Morgan fingerprint density at radius 3 is 2.52 bits per heavy atom. The van der Waals surface area contributed by atoms with Crippen LogP contribution in [0.3, 0.4) is 0 Å². The predicted octanol–water partition coefficient (Wildman–Crippen LogP) is 6.36. The van der Waals surface area contributed by atoms with Crippen molar-refractivity contribution in [3.05, 3.63) is 94.7 Å². The minimum Gasteiger partial charge on any atom is -0.454 e. The molecule has 4 nitrogen and oxygen atoms in total. The zero-order valence-corrected chi connectivity index (χ0v) is 15.4. The molecule has 0 saturated heterocycles. The van der Waals surface area contributed by atoms with Gasteiger partial charge in [-0.1, -0.05) is 53.2 Å². The molecule has 0 aliphatic heterocycles. The van der Waals surface area contributed by atoms with Gasteiger partial charge in [-0.2, -0.15) is 0 Å². The molecule has 0 radical (unpaired) electrons. The number of nitrogens with zero attached hydrogens (tertiary/aromatic N) is 1. The van der Waals surface area contributed by atoms with Crippen molar-refractivity contribution in [3.8, 4) is 0 Å². The van der Waals surface area contributed by atoms with E-state index >= 15 is 0 Å². The zero-order valence-electron chi connectivity index (χ0n) is 14.6. The molecular weight excluding hydrogens is 360 g/mol. The maximum Gasteiger partial charge on any atom is 0.157 e. The molecule has 0 aliphatic rings. The second kappa shape index (κ2) is 7.17. The fourth-order valence-electron chi connectivity index (χ4n) is 2.99. The van der Waals surface area contributed by atoms with Crippen molar-refractivity contribution in [1.29, 1.82) is 0 Å². The molecule has 4 rings (SSSR count). The van der Waals surface area contributed by atoms with Gasteiger partial charge in [-0.25, -0.2) is 0 Å². The first-order valence-electron chi connectivity index (χ1n) is 8.49. The van der Waals surface area contributed by atoms with Gasteiger partial charge < -0.3 is 14.9 Å². The van der Waals surface area contributed by atoms with Gasteiger partial charge in [-0.3, -0.25) is 0 Å². The highest BCUT2D eigenvalue weighted by atomic mass is 35.5. The molecule has 27 heavy (non-hydrogen) atoms. The second-order valence-electron chi connectivity index (χ2n) is 6.23. The number of nitrogens with one attached hydrogen (secondary N) is 1. The quantitative estimate of drug-likeness (QED) is 0.247. The van der Waals surface area contributed by atoms with Crippen molar-refractivity contribution in [2.24, 2.45) is 5.16 Å². The Labute approximate surface area is 161 Å². The Bertz CT molecular complexity index is 1110. The number of furan rings is 1. The molecule has 0 unspecified atom stereocenters. The summed E-state index contributed by atoms with van der Waals surface area (Å²) in [5.41, 5.74) is 4.60. The summed E-state index contributed by atoms with van der Waals surface area (Å²) in [6, 6.07) is 23.0. The molecule has 0 aliphatic carbocycles. The first-order valence-corrected chi connectivity index (χ1v) is 8.87. The Morgan fingerprint density at radius 1 is 1.00 bits per heavy atom.